The van der Waals surface area contributed by atoms with E-state index in [1.54, 1.807) is 31.9 Å². The first-order valence-corrected chi connectivity index (χ1v) is 5.02. The van der Waals surface area contributed by atoms with Crippen LogP contribution in [0.3, 0.4) is 0 Å². The van der Waals surface area contributed by atoms with Crippen LogP contribution in [0.4, 0.5) is 39.5 Å². The van der Waals surface area contributed by atoms with Gasteiger partial charge in [-0.1, -0.05) is 31.9 Å². The second-order valence-corrected chi connectivity index (χ2v) is 6.70. The van der Waals surface area contributed by atoms with Gasteiger partial charge in [-0.05, 0) is 6.92 Å². The minimum Gasteiger partial charge on any atom is -0.197 e. The van der Waals surface area contributed by atoms with Crippen molar-refractivity contribution in [3.05, 3.63) is 6.92 Å². The average Bonchev–Trinajstić information content (AvgIpc) is 1.98. The molecule has 0 nitrogen and oxygen atoms in total. The molecule has 0 aliphatic carbocycles. The molecule has 0 aromatic carbocycles. The monoisotopic (exact) mass is 403 g/mol. The lowest BCUT2D eigenvalue weighted by Gasteiger charge is -2.38. The fourth-order valence-electron chi connectivity index (χ4n) is 0.605. The number of halogens is 11. The molecular weight excluding hydrogens is 403 g/mol. The summed E-state index contributed by atoms with van der Waals surface area (Å²) in [6.07, 6.45) is -6.83. The van der Waals surface area contributed by atoms with E-state index in [-0.39, 0.29) is 0 Å². The van der Waals surface area contributed by atoms with Crippen LogP contribution in [0.25, 0.3) is 0 Å². The maximum Gasteiger partial charge on any atom is 0.460 e. The highest BCUT2D eigenvalue weighted by Gasteiger charge is 2.84. The Balaban J connectivity index is 5.73. The summed E-state index contributed by atoms with van der Waals surface area (Å²) in [4.78, 5) is 0. The molecular formula is C6H2Br2F9. The molecule has 0 aliphatic rings. The van der Waals surface area contributed by atoms with Gasteiger partial charge in [-0.2, -0.15) is 39.5 Å². The Morgan fingerprint density at radius 3 is 1.06 bits per heavy atom. The topological polar surface area (TPSA) is 0 Å². The van der Waals surface area contributed by atoms with Gasteiger partial charge in [-0.3, -0.25) is 0 Å². The molecule has 0 saturated heterocycles. The van der Waals surface area contributed by atoms with Gasteiger partial charge in [0.1, 0.15) is 0 Å². The van der Waals surface area contributed by atoms with Gasteiger partial charge in [0.25, 0.3) is 0 Å². The van der Waals surface area contributed by atoms with Crippen molar-refractivity contribution in [1.29, 1.82) is 0 Å². The highest BCUT2D eigenvalue weighted by Crippen LogP contribution is 2.59. The van der Waals surface area contributed by atoms with Crippen molar-refractivity contribution < 1.29 is 39.5 Å². The molecule has 1 radical (unpaired) electrons. The Morgan fingerprint density at radius 1 is 0.588 bits per heavy atom. The van der Waals surface area contributed by atoms with E-state index >= 15 is 0 Å². The van der Waals surface area contributed by atoms with Crippen LogP contribution in [0.5, 0.6) is 0 Å². The summed E-state index contributed by atoms with van der Waals surface area (Å²) in [6.45, 7) is 2.31. The fraction of sp³-hybridized carbons (Fsp3) is 0.833. The first-order valence-electron chi connectivity index (χ1n) is 3.43. The maximum absolute atomic E-state index is 12.8. The Labute approximate surface area is 106 Å². The summed E-state index contributed by atoms with van der Waals surface area (Å²) in [6, 6.07) is 0. The van der Waals surface area contributed by atoms with Crippen molar-refractivity contribution >= 4 is 31.9 Å². The van der Waals surface area contributed by atoms with Crippen LogP contribution >= 0.6 is 31.9 Å². The van der Waals surface area contributed by atoms with Crippen LogP contribution in [-0.2, 0) is 0 Å². The molecule has 0 N–H and O–H groups in total. The molecule has 0 rings (SSSR count). The van der Waals surface area contributed by atoms with Crippen molar-refractivity contribution in [2.75, 3.05) is 0 Å². The molecule has 0 saturated carbocycles. The summed E-state index contributed by atoms with van der Waals surface area (Å²) in [5.74, 6) is -19.4. The first-order chi connectivity index (χ1) is 7.00. The van der Waals surface area contributed by atoms with Crippen molar-refractivity contribution in [2.24, 2.45) is 0 Å². The Morgan fingerprint density at radius 2 is 0.882 bits per heavy atom. The van der Waals surface area contributed by atoms with Gasteiger partial charge in [0.15, 0.2) is 3.23 Å². The SMILES string of the molecule is [CH2]C(Br)(Br)C(F)(F)C(F)(F)C(F)(F)C(F)(F)F. The van der Waals surface area contributed by atoms with Gasteiger partial charge in [0, 0.05) is 0 Å². The van der Waals surface area contributed by atoms with Gasteiger partial charge < -0.3 is 0 Å². The van der Waals surface area contributed by atoms with Crippen LogP contribution in [0.2, 0.25) is 0 Å². The molecule has 0 bridgehead atoms. The number of alkyl halides is 11. The highest BCUT2D eigenvalue weighted by atomic mass is 79.9. The Kier molecular flexibility index (Phi) is 4.25. The average molecular weight is 405 g/mol. The number of rotatable bonds is 3. The lowest BCUT2D eigenvalue weighted by molar-refractivity contribution is -0.395. The predicted octanol–water partition coefficient (Wildman–Crippen LogP) is 4.77. The second kappa shape index (κ2) is 4.17. The Hall–Kier alpha value is 0.330. The molecule has 0 atom stereocenters. The van der Waals surface area contributed by atoms with E-state index in [1.165, 1.54) is 0 Å². The number of hydrogen-bond acceptors (Lipinski definition) is 0. The van der Waals surface area contributed by atoms with E-state index in [1.807, 2.05) is 0 Å². The lowest BCUT2D eigenvalue weighted by atomic mass is 10.0. The van der Waals surface area contributed by atoms with Crippen LogP contribution in [0.15, 0.2) is 0 Å². The van der Waals surface area contributed by atoms with Crippen molar-refractivity contribution in [3.8, 4) is 0 Å². The summed E-state index contributed by atoms with van der Waals surface area (Å²) in [7, 11) is 0. The van der Waals surface area contributed by atoms with Crippen molar-refractivity contribution in [1.82, 2.24) is 0 Å². The third-order valence-electron chi connectivity index (χ3n) is 1.60. The minimum atomic E-state index is -6.91. The van der Waals surface area contributed by atoms with Crippen molar-refractivity contribution in [3.63, 3.8) is 0 Å². The molecule has 0 amide bonds. The molecule has 0 aromatic rings. The van der Waals surface area contributed by atoms with Crippen LogP contribution in [0.1, 0.15) is 0 Å². The van der Waals surface area contributed by atoms with E-state index in [9.17, 15) is 39.5 Å². The third-order valence-corrected chi connectivity index (χ3v) is 2.60. The molecule has 103 valence electrons. The van der Waals surface area contributed by atoms with Crippen molar-refractivity contribution in [2.45, 2.75) is 27.2 Å². The van der Waals surface area contributed by atoms with Crippen LogP contribution in [0, 0.1) is 6.92 Å². The third kappa shape index (κ3) is 2.54. The second-order valence-electron chi connectivity index (χ2n) is 2.93. The zero-order chi connectivity index (χ0) is 14.5. The summed E-state index contributed by atoms with van der Waals surface area (Å²) in [5.41, 5.74) is 0. The van der Waals surface area contributed by atoms with Gasteiger partial charge in [0.05, 0.1) is 0 Å². The first kappa shape index (κ1) is 17.3. The highest BCUT2D eigenvalue weighted by molar-refractivity contribution is 9.25. The lowest BCUT2D eigenvalue weighted by Crippen LogP contribution is -2.65. The van der Waals surface area contributed by atoms with Crippen LogP contribution in [-0.4, -0.2) is 27.2 Å². The molecule has 0 heterocycles. The van der Waals surface area contributed by atoms with E-state index < -0.39 is 27.2 Å². The Bertz CT molecular complexity index is 259. The maximum atomic E-state index is 12.8. The quantitative estimate of drug-likeness (QED) is 0.469. The molecule has 0 aromatic heterocycles. The van der Waals surface area contributed by atoms with E-state index in [0.29, 0.717) is 0 Å². The predicted molar refractivity (Wildman–Crippen MR) is 46.8 cm³/mol. The van der Waals surface area contributed by atoms with Gasteiger partial charge in [-0.25, -0.2) is 0 Å². The molecule has 0 aliphatic heterocycles. The minimum absolute atomic E-state index is 1.77. The zero-order valence-corrected chi connectivity index (χ0v) is 10.5. The zero-order valence-electron chi connectivity index (χ0n) is 7.36. The molecule has 0 spiro atoms. The standard InChI is InChI=1S/C6H2Br2F9/c1-2(7,8)3(9,10)4(11,12)5(13,14)6(15,16)17/h1H2. The molecule has 17 heavy (non-hydrogen) atoms. The van der Waals surface area contributed by atoms with Gasteiger partial charge in [-0.15, -0.1) is 0 Å². The molecule has 11 heteroatoms. The van der Waals surface area contributed by atoms with Gasteiger partial charge in [0.2, 0.25) is 0 Å². The van der Waals surface area contributed by atoms with E-state index in [0.717, 1.165) is 0 Å². The normalized spacial score (nSPS) is 16.2. The van der Waals surface area contributed by atoms with E-state index in [2.05, 4.69) is 6.92 Å². The summed E-state index contributed by atoms with van der Waals surface area (Å²) < 4.78 is 107. The van der Waals surface area contributed by atoms with Gasteiger partial charge >= 0.3 is 23.9 Å². The fourth-order valence-corrected chi connectivity index (χ4v) is 1.10. The molecule has 0 unspecified atom stereocenters. The molecule has 0 fully saturated rings. The summed E-state index contributed by atoms with van der Waals surface area (Å²) in [5, 5.41) is 0. The summed E-state index contributed by atoms with van der Waals surface area (Å²) >= 11 is 3.54. The smallest absolute Gasteiger partial charge is 0.197 e. The van der Waals surface area contributed by atoms with Crippen LogP contribution < -0.4 is 0 Å². The van der Waals surface area contributed by atoms with E-state index in [4.69, 9.17) is 0 Å². The largest absolute Gasteiger partial charge is 0.460 e. The number of hydrogen-bond donors (Lipinski definition) is 0.